The van der Waals surface area contributed by atoms with Crippen LogP contribution in [0.5, 0.6) is 0 Å². The van der Waals surface area contributed by atoms with Gasteiger partial charge >= 0.3 is 0 Å². The highest BCUT2D eigenvalue weighted by Crippen LogP contribution is 2.22. The standard InChI is InChI=1S/C23H32FN7O.HI/c1-27-23(30(2)13-9-17-10-14-32-15-11-17)28-12-3-4-21-20(16-25)22(26)31(29-21)19-7-5-18(24)6-8-19;/h5-8,17H,3-4,9-15,26H2,1-2H3,(H,27,28);1H. The van der Waals surface area contributed by atoms with Crippen molar-refractivity contribution in [2.45, 2.75) is 32.1 Å². The number of ether oxygens (including phenoxy) is 1. The maximum Gasteiger partial charge on any atom is 0.193 e. The molecule has 0 bridgehead atoms. The van der Waals surface area contributed by atoms with Crippen molar-refractivity contribution >= 4 is 35.8 Å². The molecule has 180 valence electrons. The molecule has 1 aliphatic rings. The van der Waals surface area contributed by atoms with E-state index in [9.17, 15) is 9.65 Å². The second-order valence-electron chi connectivity index (χ2n) is 8.05. The molecule has 0 unspecified atom stereocenters. The number of aliphatic imine (C=N–C) groups is 1. The second-order valence-corrected chi connectivity index (χ2v) is 8.05. The van der Waals surface area contributed by atoms with Gasteiger partial charge < -0.3 is 20.7 Å². The predicted molar refractivity (Wildman–Crippen MR) is 139 cm³/mol. The first-order chi connectivity index (χ1) is 15.5. The Morgan fingerprint density at radius 3 is 2.70 bits per heavy atom. The number of nitrogens with two attached hydrogens (primary N) is 1. The molecule has 33 heavy (non-hydrogen) atoms. The van der Waals surface area contributed by atoms with Crippen LogP contribution in [-0.4, -0.2) is 61.0 Å². The third-order valence-corrected chi connectivity index (χ3v) is 5.84. The van der Waals surface area contributed by atoms with Crippen molar-refractivity contribution in [1.29, 1.82) is 5.26 Å². The largest absolute Gasteiger partial charge is 0.382 e. The summed E-state index contributed by atoms with van der Waals surface area (Å²) in [5, 5.41) is 17.4. The molecule has 0 radical (unpaired) electrons. The van der Waals surface area contributed by atoms with Gasteiger partial charge in [0.15, 0.2) is 5.96 Å². The van der Waals surface area contributed by atoms with Gasteiger partial charge in [0.05, 0.1) is 11.4 Å². The number of hydrogen-bond donors (Lipinski definition) is 2. The Morgan fingerprint density at radius 2 is 2.06 bits per heavy atom. The molecule has 3 N–H and O–H groups in total. The zero-order valence-electron chi connectivity index (χ0n) is 19.3. The molecule has 1 aromatic heterocycles. The molecule has 0 spiro atoms. The van der Waals surface area contributed by atoms with Crippen LogP contribution in [0.15, 0.2) is 29.3 Å². The number of nitrogen functional groups attached to an aromatic ring is 1. The number of halogens is 2. The van der Waals surface area contributed by atoms with Crippen molar-refractivity contribution in [2.75, 3.05) is 46.1 Å². The lowest BCUT2D eigenvalue weighted by molar-refractivity contribution is 0.0625. The van der Waals surface area contributed by atoms with Crippen LogP contribution < -0.4 is 11.1 Å². The van der Waals surface area contributed by atoms with Gasteiger partial charge in [0, 0.05) is 40.4 Å². The Balaban J connectivity index is 0.00000385. The summed E-state index contributed by atoms with van der Waals surface area (Å²) < 4.78 is 20.1. The van der Waals surface area contributed by atoms with Crippen molar-refractivity contribution < 1.29 is 9.13 Å². The highest BCUT2D eigenvalue weighted by atomic mass is 127. The molecule has 0 saturated carbocycles. The predicted octanol–water partition coefficient (Wildman–Crippen LogP) is 3.34. The topological polar surface area (TPSA) is 104 Å². The van der Waals surface area contributed by atoms with E-state index in [2.05, 4.69) is 26.4 Å². The minimum Gasteiger partial charge on any atom is -0.382 e. The minimum absolute atomic E-state index is 0. The van der Waals surface area contributed by atoms with Gasteiger partial charge in [-0.3, -0.25) is 4.99 Å². The van der Waals surface area contributed by atoms with Crippen LogP contribution in [-0.2, 0) is 11.2 Å². The van der Waals surface area contributed by atoms with Crippen LogP contribution in [0.3, 0.4) is 0 Å². The first-order valence-corrected chi connectivity index (χ1v) is 11.1. The van der Waals surface area contributed by atoms with Crippen molar-refractivity contribution in [3.63, 3.8) is 0 Å². The molecule has 1 aliphatic heterocycles. The third kappa shape index (κ3) is 7.30. The maximum absolute atomic E-state index is 13.2. The number of nitrogens with zero attached hydrogens (tertiary/aromatic N) is 5. The van der Waals surface area contributed by atoms with E-state index >= 15 is 0 Å². The molecule has 0 atom stereocenters. The van der Waals surface area contributed by atoms with E-state index in [-0.39, 0.29) is 35.6 Å². The molecule has 1 fully saturated rings. The molecule has 0 amide bonds. The lowest BCUT2D eigenvalue weighted by Crippen LogP contribution is -2.40. The van der Waals surface area contributed by atoms with Crippen molar-refractivity contribution in [3.8, 4) is 11.8 Å². The fourth-order valence-corrected chi connectivity index (χ4v) is 3.91. The number of nitriles is 1. The van der Waals surface area contributed by atoms with Gasteiger partial charge in [-0.25, -0.2) is 9.07 Å². The minimum atomic E-state index is -0.336. The Bertz CT molecular complexity index is 949. The number of benzene rings is 1. The number of anilines is 1. The average Bonchev–Trinajstić information content (AvgIpc) is 3.13. The van der Waals surface area contributed by atoms with E-state index < -0.39 is 0 Å². The van der Waals surface area contributed by atoms with Gasteiger partial charge in [-0.2, -0.15) is 10.4 Å². The smallest absolute Gasteiger partial charge is 0.193 e. The van der Waals surface area contributed by atoms with Crippen LogP contribution in [0.4, 0.5) is 10.2 Å². The summed E-state index contributed by atoms with van der Waals surface area (Å²) in [7, 11) is 3.83. The van der Waals surface area contributed by atoms with Crippen molar-refractivity contribution in [3.05, 3.63) is 41.3 Å². The molecule has 2 aromatic rings. The SMILES string of the molecule is CN=C(NCCCc1nn(-c2ccc(F)cc2)c(N)c1C#N)N(C)CCC1CCOCC1.I. The van der Waals surface area contributed by atoms with Crippen LogP contribution in [0.1, 0.15) is 36.9 Å². The Morgan fingerprint density at radius 1 is 1.36 bits per heavy atom. The van der Waals surface area contributed by atoms with E-state index in [0.29, 0.717) is 29.9 Å². The molecular weight excluding hydrogens is 536 g/mol. The lowest BCUT2D eigenvalue weighted by atomic mass is 9.96. The maximum atomic E-state index is 13.2. The summed E-state index contributed by atoms with van der Waals surface area (Å²) in [4.78, 5) is 6.53. The van der Waals surface area contributed by atoms with Crippen LogP contribution >= 0.6 is 24.0 Å². The highest BCUT2D eigenvalue weighted by molar-refractivity contribution is 14.0. The van der Waals surface area contributed by atoms with Crippen LogP contribution in [0.25, 0.3) is 5.69 Å². The van der Waals surface area contributed by atoms with Crippen LogP contribution in [0.2, 0.25) is 0 Å². The molecule has 3 rings (SSSR count). The summed E-state index contributed by atoms with van der Waals surface area (Å²) in [6.45, 7) is 3.38. The van der Waals surface area contributed by atoms with Crippen LogP contribution in [0, 0.1) is 23.1 Å². The molecular formula is C23H33FIN7O. The zero-order chi connectivity index (χ0) is 22.9. The first-order valence-electron chi connectivity index (χ1n) is 11.1. The second kappa shape index (κ2) is 13.3. The lowest BCUT2D eigenvalue weighted by Gasteiger charge is -2.26. The normalized spacial score (nSPS) is 14.4. The molecule has 2 heterocycles. The summed E-state index contributed by atoms with van der Waals surface area (Å²) in [6.07, 6.45) is 4.76. The average molecular weight is 569 g/mol. The van der Waals surface area contributed by atoms with Gasteiger partial charge in [-0.05, 0) is 62.3 Å². The van der Waals surface area contributed by atoms with Gasteiger partial charge in [0.25, 0.3) is 0 Å². The van der Waals surface area contributed by atoms with E-state index in [1.165, 1.54) is 16.8 Å². The van der Waals surface area contributed by atoms with E-state index in [0.717, 1.165) is 57.3 Å². The summed E-state index contributed by atoms with van der Waals surface area (Å²) in [5.41, 5.74) is 7.76. The van der Waals surface area contributed by atoms with E-state index in [1.807, 2.05) is 7.05 Å². The summed E-state index contributed by atoms with van der Waals surface area (Å²) >= 11 is 0. The molecule has 8 nitrogen and oxygen atoms in total. The molecule has 10 heteroatoms. The Kier molecular flexibility index (Phi) is 10.9. The van der Waals surface area contributed by atoms with Crippen molar-refractivity contribution in [2.24, 2.45) is 10.9 Å². The fraction of sp³-hybridized carbons (Fsp3) is 0.522. The monoisotopic (exact) mass is 569 g/mol. The third-order valence-electron chi connectivity index (χ3n) is 5.84. The van der Waals surface area contributed by atoms with Crippen molar-refractivity contribution in [1.82, 2.24) is 20.0 Å². The van der Waals surface area contributed by atoms with E-state index in [1.54, 1.807) is 19.2 Å². The van der Waals surface area contributed by atoms with Gasteiger partial charge in [-0.1, -0.05) is 0 Å². The number of rotatable bonds is 8. The van der Waals surface area contributed by atoms with E-state index in [4.69, 9.17) is 10.5 Å². The summed E-state index contributed by atoms with van der Waals surface area (Å²) in [5.74, 6) is 1.51. The quantitative estimate of drug-likeness (QED) is 0.219. The molecule has 0 aliphatic carbocycles. The van der Waals surface area contributed by atoms with Gasteiger partial charge in [0.1, 0.15) is 23.3 Å². The first kappa shape index (κ1) is 26.9. The highest BCUT2D eigenvalue weighted by Gasteiger charge is 2.17. The number of nitrogens with one attached hydrogen (secondary N) is 1. The zero-order valence-corrected chi connectivity index (χ0v) is 21.6. The molecule has 1 aromatic carbocycles. The Labute approximate surface area is 212 Å². The Hall–Kier alpha value is -2.39. The van der Waals surface area contributed by atoms with Gasteiger partial charge in [-0.15, -0.1) is 24.0 Å². The number of hydrogen-bond acceptors (Lipinski definition) is 5. The number of aryl methyl sites for hydroxylation is 1. The number of aromatic nitrogens is 2. The number of guanidine groups is 1. The summed E-state index contributed by atoms with van der Waals surface area (Å²) in [6, 6.07) is 8.01. The molecule has 1 saturated heterocycles. The van der Waals surface area contributed by atoms with Gasteiger partial charge in [0.2, 0.25) is 0 Å². The fourth-order valence-electron chi connectivity index (χ4n) is 3.91.